The number of alkyl halides is 1. The highest BCUT2D eigenvalue weighted by Gasteiger charge is 2.41. The molecule has 162 valence electrons. The molecule has 2 fully saturated rings. The van der Waals surface area contributed by atoms with Crippen LogP contribution in [0.25, 0.3) is 5.78 Å². The molecule has 2 unspecified atom stereocenters. The number of hydrogen-bond donors (Lipinski definition) is 1. The van der Waals surface area contributed by atoms with E-state index in [1.165, 1.54) is 6.20 Å². The predicted molar refractivity (Wildman–Crippen MR) is 118 cm³/mol. The van der Waals surface area contributed by atoms with Crippen LogP contribution in [0.2, 0.25) is 5.02 Å². The number of imidazole rings is 1. The highest BCUT2D eigenvalue weighted by atomic mass is 35.5. The third-order valence-electron chi connectivity index (χ3n) is 6.52. The zero-order valence-electron chi connectivity index (χ0n) is 17.4. The van der Waals surface area contributed by atoms with Crippen molar-refractivity contribution in [3.05, 3.63) is 58.6 Å². The number of aryl methyl sites for hydroxylation is 1. The SMILES string of the molecule is CCc1nc2ncc(Cl)cn2c1C(=O)NCc1ccc(N2CC3CC(F)CC3C2)cc1. The lowest BCUT2D eigenvalue weighted by Crippen LogP contribution is -2.25. The van der Waals surface area contributed by atoms with Gasteiger partial charge in [0.15, 0.2) is 0 Å². The van der Waals surface area contributed by atoms with E-state index in [2.05, 4.69) is 32.3 Å². The Kier molecular flexibility index (Phi) is 5.30. The van der Waals surface area contributed by atoms with Crippen LogP contribution in [0, 0.1) is 11.8 Å². The van der Waals surface area contributed by atoms with Crippen LogP contribution >= 0.6 is 11.6 Å². The number of nitrogens with one attached hydrogen (secondary N) is 1. The van der Waals surface area contributed by atoms with Crippen molar-refractivity contribution in [2.45, 2.75) is 38.9 Å². The number of carbonyl (C=O) groups is 1. The van der Waals surface area contributed by atoms with E-state index in [1.807, 2.05) is 19.1 Å². The van der Waals surface area contributed by atoms with Crippen LogP contribution in [-0.4, -0.2) is 39.5 Å². The summed E-state index contributed by atoms with van der Waals surface area (Å²) in [6, 6.07) is 8.25. The maximum atomic E-state index is 13.6. The molecule has 1 saturated carbocycles. The van der Waals surface area contributed by atoms with Gasteiger partial charge in [0, 0.05) is 31.5 Å². The van der Waals surface area contributed by atoms with Gasteiger partial charge >= 0.3 is 0 Å². The second-order valence-electron chi connectivity index (χ2n) is 8.55. The average molecular weight is 442 g/mol. The van der Waals surface area contributed by atoms with E-state index in [-0.39, 0.29) is 5.91 Å². The first-order valence-electron chi connectivity index (χ1n) is 10.8. The summed E-state index contributed by atoms with van der Waals surface area (Å²) in [4.78, 5) is 23.9. The van der Waals surface area contributed by atoms with Crippen molar-refractivity contribution < 1.29 is 9.18 Å². The molecule has 8 heteroatoms. The fourth-order valence-corrected chi connectivity index (χ4v) is 5.12. The zero-order valence-corrected chi connectivity index (χ0v) is 18.1. The lowest BCUT2D eigenvalue weighted by Gasteiger charge is -2.20. The van der Waals surface area contributed by atoms with E-state index in [4.69, 9.17) is 11.6 Å². The normalized spacial score (nSPS) is 22.8. The summed E-state index contributed by atoms with van der Waals surface area (Å²) in [6.45, 7) is 4.25. The molecule has 0 spiro atoms. The molecule has 1 aliphatic heterocycles. The molecule has 1 N–H and O–H groups in total. The largest absolute Gasteiger partial charge is 0.371 e. The molecule has 1 aliphatic carbocycles. The molecule has 0 radical (unpaired) electrons. The van der Waals surface area contributed by atoms with Crippen molar-refractivity contribution in [2.24, 2.45) is 11.8 Å². The van der Waals surface area contributed by atoms with Crippen LogP contribution in [0.3, 0.4) is 0 Å². The summed E-state index contributed by atoms with van der Waals surface area (Å²) in [7, 11) is 0. The van der Waals surface area contributed by atoms with Crippen molar-refractivity contribution >= 4 is 29.0 Å². The topological polar surface area (TPSA) is 62.5 Å². The van der Waals surface area contributed by atoms with E-state index >= 15 is 0 Å². The van der Waals surface area contributed by atoms with Gasteiger partial charge in [0.2, 0.25) is 5.78 Å². The molecule has 2 aliphatic rings. The smallest absolute Gasteiger partial charge is 0.270 e. The van der Waals surface area contributed by atoms with Crippen LogP contribution in [0.5, 0.6) is 0 Å². The fraction of sp³-hybridized carbons (Fsp3) is 0.435. The summed E-state index contributed by atoms with van der Waals surface area (Å²) in [5, 5.41) is 3.44. The molecule has 2 aromatic heterocycles. The average Bonchev–Trinajstić information content (AvgIpc) is 3.42. The third kappa shape index (κ3) is 3.87. The van der Waals surface area contributed by atoms with E-state index in [1.54, 1.807) is 10.6 Å². The van der Waals surface area contributed by atoms with Gasteiger partial charge in [0.1, 0.15) is 11.9 Å². The Morgan fingerprint density at radius 1 is 1.23 bits per heavy atom. The fourth-order valence-electron chi connectivity index (χ4n) is 4.97. The molecule has 1 saturated heterocycles. The minimum atomic E-state index is -0.615. The van der Waals surface area contributed by atoms with Crippen molar-refractivity contribution in [1.82, 2.24) is 19.7 Å². The Hall–Kier alpha value is -2.67. The van der Waals surface area contributed by atoms with Gasteiger partial charge in [-0.25, -0.2) is 14.4 Å². The Morgan fingerprint density at radius 3 is 2.61 bits per heavy atom. The highest BCUT2D eigenvalue weighted by molar-refractivity contribution is 6.30. The van der Waals surface area contributed by atoms with Crippen LogP contribution in [0.15, 0.2) is 36.7 Å². The quantitative estimate of drug-likeness (QED) is 0.648. The second-order valence-corrected chi connectivity index (χ2v) is 8.98. The van der Waals surface area contributed by atoms with Crippen molar-refractivity contribution in [3.63, 3.8) is 0 Å². The molecule has 31 heavy (non-hydrogen) atoms. The monoisotopic (exact) mass is 441 g/mol. The molecule has 3 aromatic rings. The van der Waals surface area contributed by atoms with E-state index < -0.39 is 6.17 Å². The Balaban J connectivity index is 1.25. The first-order valence-corrected chi connectivity index (χ1v) is 11.2. The molecule has 2 atom stereocenters. The number of halogens is 2. The second kappa shape index (κ2) is 8.11. The Labute approximate surface area is 185 Å². The van der Waals surface area contributed by atoms with Gasteiger partial charge in [0.05, 0.1) is 16.9 Å². The molecule has 0 bridgehead atoms. The highest BCUT2D eigenvalue weighted by Crippen LogP contribution is 2.41. The molecular weight excluding hydrogens is 417 g/mol. The number of nitrogens with zero attached hydrogens (tertiary/aromatic N) is 4. The van der Waals surface area contributed by atoms with Crippen LogP contribution < -0.4 is 10.2 Å². The summed E-state index contributed by atoms with van der Waals surface area (Å²) >= 11 is 6.06. The van der Waals surface area contributed by atoms with E-state index in [0.29, 0.717) is 59.8 Å². The summed E-state index contributed by atoms with van der Waals surface area (Å²) in [6.07, 6.45) is 4.60. The number of hydrogen-bond acceptors (Lipinski definition) is 4. The zero-order chi connectivity index (χ0) is 21.5. The number of amides is 1. The molecule has 1 amide bonds. The third-order valence-corrected chi connectivity index (χ3v) is 6.71. The molecule has 3 heterocycles. The van der Waals surface area contributed by atoms with Gasteiger partial charge in [0.25, 0.3) is 5.91 Å². The molecule has 6 nitrogen and oxygen atoms in total. The molecule has 5 rings (SSSR count). The number of aromatic nitrogens is 3. The van der Waals surface area contributed by atoms with Gasteiger partial charge in [-0.2, -0.15) is 0 Å². The van der Waals surface area contributed by atoms with Gasteiger partial charge in [-0.1, -0.05) is 30.7 Å². The number of rotatable bonds is 5. The minimum absolute atomic E-state index is 0.203. The minimum Gasteiger partial charge on any atom is -0.371 e. The number of fused-ring (bicyclic) bond motifs is 2. The molecule has 1 aromatic carbocycles. The summed E-state index contributed by atoms with van der Waals surface area (Å²) in [5.74, 6) is 1.22. The van der Waals surface area contributed by atoms with Gasteiger partial charge in [-0.15, -0.1) is 0 Å². The first-order chi connectivity index (χ1) is 15.0. The predicted octanol–water partition coefficient (Wildman–Crippen LogP) is 4.06. The van der Waals surface area contributed by atoms with Gasteiger partial charge in [-0.3, -0.25) is 9.20 Å². The standard InChI is InChI=1S/C23H25ClFN5O/c1-2-20-21(30-13-17(24)10-27-23(30)28-20)22(31)26-9-14-3-5-19(6-4-14)29-11-15-7-18(25)8-16(15)12-29/h3-6,10,13,15-16,18H,2,7-9,11-12H2,1H3,(H,26,31). The Morgan fingerprint density at radius 2 is 1.94 bits per heavy atom. The lowest BCUT2D eigenvalue weighted by molar-refractivity contribution is 0.0944. The van der Waals surface area contributed by atoms with Crippen molar-refractivity contribution in [2.75, 3.05) is 18.0 Å². The van der Waals surface area contributed by atoms with E-state index in [9.17, 15) is 9.18 Å². The maximum Gasteiger partial charge on any atom is 0.270 e. The van der Waals surface area contributed by atoms with Crippen LogP contribution in [-0.2, 0) is 13.0 Å². The van der Waals surface area contributed by atoms with Crippen molar-refractivity contribution in [1.29, 1.82) is 0 Å². The number of benzene rings is 1. The van der Waals surface area contributed by atoms with E-state index in [0.717, 1.165) is 24.3 Å². The Bertz CT molecular complexity index is 1100. The summed E-state index contributed by atoms with van der Waals surface area (Å²) in [5.41, 5.74) is 3.34. The maximum absolute atomic E-state index is 13.6. The van der Waals surface area contributed by atoms with Gasteiger partial charge in [-0.05, 0) is 48.8 Å². The number of carbonyl (C=O) groups excluding carboxylic acids is 1. The number of anilines is 1. The first kappa shape index (κ1) is 20.2. The van der Waals surface area contributed by atoms with Crippen LogP contribution in [0.1, 0.15) is 41.5 Å². The lowest BCUT2D eigenvalue weighted by atomic mass is 10.0. The van der Waals surface area contributed by atoms with Gasteiger partial charge < -0.3 is 10.2 Å². The van der Waals surface area contributed by atoms with Crippen LogP contribution in [0.4, 0.5) is 10.1 Å². The summed E-state index contributed by atoms with van der Waals surface area (Å²) < 4.78 is 15.2. The van der Waals surface area contributed by atoms with Crippen molar-refractivity contribution in [3.8, 4) is 0 Å². The molecular formula is C23H25ClFN5O.